The third-order valence-corrected chi connectivity index (χ3v) is 3.45. The zero-order valence-electron chi connectivity index (χ0n) is 15.3. The fourth-order valence-corrected chi connectivity index (χ4v) is 2.18. The van der Waals surface area contributed by atoms with Gasteiger partial charge >= 0.3 is 5.63 Å². The molecule has 0 aliphatic heterocycles. The first-order valence-corrected chi connectivity index (χ1v) is 8.09. The van der Waals surface area contributed by atoms with E-state index >= 15 is 0 Å². The van der Waals surface area contributed by atoms with Gasteiger partial charge in [0.15, 0.2) is 11.5 Å². The van der Waals surface area contributed by atoms with E-state index in [0.717, 1.165) is 11.1 Å². The third kappa shape index (κ3) is 4.89. The molecule has 2 aromatic rings. The molecule has 0 aliphatic rings. The van der Waals surface area contributed by atoms with Gasteiger partial charge in [0.05, 0.1) is 12.5 Å². The van der Waals surface area contributed by atoms with E-state index in [2.05, 4.69) is 0 Å². The summed E-state index contributed by atoms with van der Waals surface area (Å²) in [4.78, 5) is 11.5. The molecule has 5 heteroatoms. The van der Waals surface area contributed by atoms with Gasteiger partial charge in [-0.3, -0.25) is 0 Å². The molecule has 2 rings (SSSR count). The van der Waals surface area contributed by atoms with Gasteiger partial charge in [-0.25, -0.2) is 4.79 Å². The first-order chi connectivity index (χ1) is 11.9. The first kappa shape index (κ1) is 18.6. The van der Waals surface area contributed by atoms with E-state index in [1.54, 1.807) is 19.2 Å². The Morgan fingerprint density at radius 1 is 1.00 bits per heavy atom. The van der Waals surface area contributed by atoms with Crippen molar-refractivity contribution in [1.29, 1.82) is 0 Å². The molecule has 1 heterocycles. The van der Waals surface area contributed by atoms with Gasteiger partial charge in [0.25, 0.3) is 0 Å². The summed E-state index contributed by atoms with van der Waals surface area (Å²) in [6.45, 7) is 8.77. The van der Waals surface area contributed by atoms with Crippen molar-refractivity contribution >= 4 is 11.0 Å². The SMILES string of the molecule is COc1c(OCC=C(C)C)c(OCC=C(C)C)cc2oc(=O)ccc12. The van der Waals surface area contributed by atoms with Crippen LogP contribution in [-0.4, -0.2) is 20.3 Å². The van der Waals surface area contributed by atoms with Gasteiger partial charge < -0.3 is 18.6 Å². The van der Waals surface area contributed by atoms with Crippen molar-refractivity contribution < 1.29 is 18.6 Å². The van der Waals surface area contributed by atoms with Crippen molar-refractivity contribution in [3.05, 3.63) is 51.9 Å². The molecule has 0 unspecified atom stereocenters. The van der Waals surface area contributed by atoms with Crippen LogP contribution in [0.4, 0.5) is 0 Å². The minimum absolute atomic E-state index is 0.382. The van der Waals surface area contributed by atoms with E-state index in [0.29, 0.717) is 41.4 Å². The summed E-state index contributed by atoms with van der Waals surface area (Å²) >= 11 is 0. The number of benzene rings is 1. The summed E-state index contributed by atoms with van der Waals surface area (Å²) in [6, 6.07) is 4.68. The van der Waals surface area contributed by atoms with Gasteiger partial charge in [0.1, 0.15) is 18.8 Å². The fraction of sp³-hybridized carbons (Fsp3) is 0.350. The highest BCUT2D eigenvalue weighted by Crippen LogP contribution is 2.43. The van der Waals surface area contributed by atoms with Crippen molar-refractivity contribution in [1.82, 2.24) is 0 Å². The fourth-order valence-electron chi connectivity index (χ4n) is 2.18. The Morgan fingerprint density at radius 2 is 1.64 bits per heavy atom. The topological polar surface area (TPSA) is 57.9 Å². The standard InChI is InChI=1S/C20H24O5/c1-13(2)8-10-23-17-12-16-15(6-7-18(21)25-16)19(22-5)20(17)24-11-9-14(3)4/h6-9,12H,10-11H2,1-5H3. The molecular formula is C20H24O5. The van der Waals surface area contributed by atoms with Crippen molar-refractivity contribution in [2.45, 2.75) is 27.7 Å². The molecule has 0 bridgehead atoms. The highest BCUT2D eigenvalue weighted by atomic mass is 16.5. The van der Waals surface area contributed by atoms with Crippen LogP contribution in [0.25, 0.3) is 11.0 Å². The molecule has 134 valence electrons. The smallest absolute Gasteiger partial charge is 0.336 e. The van der Waals surface area contributed by atoms with Crippen LogP contribution in [0.5, 0.6) is 17.2 Å². The van der Waals surface area contributed by atoms with Crippen molar-refractivity contribution in [2.75, 3.05) is 20.3 Å². The Bertz CT molecular complexity index is 850. The highest BCUT2D eigenvalue weighted by Gasteiger charge is 2.18. The second-order valence-electron chi connectivity index (χ2n) is 6.09. The summed E-state index contributed by atoms with van der Waals surface area (Å²) in [7, 11) is 1.55. The molecular weight excluding hydrogens is 320 g/mol. The molecule has 0 amide bonds. The zero-order chi connectivity index (χ0) is 18.4. The van der Waals surface area contributed by atoms with Crippen LogP contribution in [0.1, 0.15) is 27.7 Å². The summed E-state index contributed by atoms with van der Waals surface area (Å²) in [5, 5.41) is 0.656. The molecule has 1 aromatic heterocycles. The lowest BCUT2D eigenvalue weighted by Crippen LogP contribution is -2.04. The van der Waals surface area contributed by atoms with Crippen LogP contribution < -0.4 is 19.8 Å². The Hall–Kier alpha value is -2.69. The van der Waals surface area contributed by atoms with Gasteiger partial charge in [-0.15, -0.1) is 0 Å². The molecule has 0 saturated carbocycles. The van der Waals surface area contributed by atoms with Gasteiger partial charge in [0.2, 0.25) is 5.75 Å². The molecule has 1 aromatic carbocycles. The lowest BCUT2D eigenvalue weighted by molar-refractivity contribution is 0.289. The van der Waals surface area contributed by atoms with Crippen LogP contribution >= 0.6 is 0 Å². The van der Waals surface area contributed by atoms with Crippen molar-refractivity contribution in [3.8, 4) is 17.2 Å². The predicted octanol–water partition coefficient (Wildman–Crippen LogP) is 4.49. The van der Waals surface area contributed by atoms with E-state index in [1.807, 2.05) is 39.8 Å². The summed E-state index contributed by atoms with van der Waals surface area (Å²) < 4.78 is 22.5. The van der Waals surface area contributed by atoms with E-state index in [9.17, 15) is 4.79 Å². The average molecular weight is 344 g/mol. The molecule has 25 heavy (non-hydrogen) atoms. The molecule has 0 atom stereocenters. The summed E-state index contributed by atoms with van der Waals surface area (Å²) in [5.74, 6) is 1.44. The summed E-state index contributed by atoms with van der Waals surface area (Å²) in [5.41, 5.74) is 2.26. The minimum Gasteiger partial charge on any atom is -0.492 e. The predicted molar refractivity (Wildman–Crippen MR) is 98.9 cm³/mol. The van der Waals surface area contributed by atoms with Crippen molar-refractivity contribution in [2.24, 2.45) is 0 Å². The second kappa shape index (κ2) is 8.42. The average Bonchev–Trinajstić information content (AvgIpc) is 2.54. The Labute approximate surface area is 147 Å². The quantitative estimate of drug-likeness (QED) is 0.547. The number of rotatable bonds is 7. The Morgan fingerprint density at radius 3 is 2.24 bits per heavy atom. The number of allylic oxidation sites excluding steroid dienone is 2. The normalized spacial score (nSPS) is 10.3. The van der Waals surface area contributed by atoms with Gasteiger partial charge in [-0.1, -0.05) is 11.1 Å². The van der Waals surface area contributed by atoms with Gasteiger partial charge in [0, 0.05) is 12.1 Å². The van der Waals surface area contributed by atoms with Gasteiger partial charge in [-0.2, -0.15) is 0 Å². The lowest BCUT2D eigenvalue weighted by atomic mass is 10.2. The first-order valence-electron chi connectivity index (χ1n) is 8.09. The van der Waals surface area contributed by atoms with Gasteiger partial charge in [-0.05, 0) is 45.9 Å². The van der Waals surface area contributed by atoms with Crippen molar-refractivity contribution in [3.63, 3.8) is 0 Å². The highest BCUT2D eigenvalue weighted by molar-refractivity contribution is 5.89. The largest absolute Gasteiger partial charge is 0.492 e. The molecule has 0 radical (unpaired) electrons. The number of ether oxygens (including phenoxy) is 3. The number of fused-ring (bicyclic) bond motifs is 1. The van der Waals surface area contributed by atoms with Crippen LogP contribution in [0.3, 0.4) is 0 Å². The maximum atomic E-state index is 11.5. The molecule has 0 spiro atoms. The summed E-state index contributed by atoms with van der Waals surface area (Å²) in [6.07, 6.45) is 3.92. The molecule has 0 fully saturated rings. The molecule has 0 saturated heterocycles. The Kier molecular flexibility index (Phi) is 6.28. The number of methoxy groups -OCH3 is 1. The molecule has 5 nitrogen and oxygen atoms in total. The number of hydrogen-bond donors (Lipinski definition) is 0. The van der Waals surface area contributed by atoms with Crippen LogP contribution in [0.2, 0.25) is 0 Å². The van der Waals surface area contributed by atoms with Crippen LogP contribution in [0, 0.1) is 0 Å². The lowest BCUT2D eigenvalue weighted by Gasteiger charge is -2.16. The van der Waals surface area contributed by atoms with E-state index in [1.165, 1.54) is 6.07 Å². The minimum atomic E-state index is -0.428. The number of hydrogen-bond acceptors (Lipinski definition) is 5. The zero-order valence-corrected chi connectivity index (χ0v) is 15.3. The monoisotopic (exact) mass is 344 g/mol. The van der Waals surface area contributed by atoms with E-state index in [4.69, 9.17) is 18.6 Å². The maximum Gasteiger partial charge on any atom is 0.336 e. The third-order valence-electron chi connectivity index (χ3n) is 3.45. The van der Waals surface area contributed by atoms with Crippen LogP contribution in [0.15, 0.2) is 50.7 Å². The molecule has 0 N–H and O–H groups in total. The Balaban J connectivity index is 2.53. The van der Waals surface area contributed by atoms with Crippen LogP contribution in [-0.2, 0) is 0 Å². The maximum absolute atomic E-state index is 11.5. The second-order valence-corrected chi connectivity index (χ2v) is 6.09. The van der Waals surface area contributed by atoms with E-state index < -0.39 is 5.63 Å². The van der Waals surface area contributed by atoms with E-state index in [-0.39, 0.29) is 0 Å². The molecule has 0 aliphatic carbocycles.